The van der Waals surface area contributed by atoms with Gasteiger partial charge in [0.2, 0.25) is 0 Å². The first-order valence-corrected chi connectivity index (χ1v) is 10.3. The van der Waals surface area contributed by atoms with Crippen LogP contribution in [0.25, 0.3) is 0 Å². The Kier molecular flexibility index (Phi) is 7.20. The molecule has 1 aliphatic heterocycles. The van der Waals surface area contributed by atoms with Gasteiger partial charge < -0.3 is 4.90 Å². The summed E-state index contributed by atoms with van der Waals surface area (Å²) in [6.45, 7) is 3.31. The van der Waals surface area contributed by atoms with E-state index in [0.717, 1.165) is 19.4 Å². The molecule has 136 valence electrons. The average molecular weight is 346 g/mol. The molecule has 0 N–H and O–H groups in total. The fourth-order valence-corrected chi connectivity index (χ4v) is 3.78. The van der Waals surface area contributed by atoms with Gasteiger partial charge in [-0.1, -0.05) is 87.4 Å². The fraction of sp³-hybridized carbons (Fsp3) is 0.440. The third-order valence-corrected chi connectivity index (χ3v) is 5.27. The van der Waals surface area contributed by atoms with E-state index >= 15 is 0 Å². The minimum atomic E-state index is 0.183. The van der Waals surface area contributed by atoms with Crippen LogP contribution in [0.2, 0.25) is 0 Å². The zero-order chi connectivity index (χ0) is 18.0. The average Bonchev–Trinajstić information content (AvgIpc) is 2.70. The minimum Gasteiger partial charge on any atom is -0.353 e. The summed E-state index contributed by atoms with van der Waals surface area (Å²) in [7, 11) is 0. The van der Waals surface area contributed by atoms with Gasteiger partial charge in [-0.2, -0.15) is 0 Å². The molecule has 0 saturated carbocycles. The van der Waals surface area contributed by atoms with Crippen LogP contribution in [0.3, 0.4) is 0 Å². The topological polar surface area (TPSA) is 3.24 Å². The molecule has 0 unspecified atom stereocenters. The second-order valence-corrected chi connectivity index (χ2v) is 7.22. The third kappa shape index (κ3) is 4.92. The van der Waals surface area contributed by atoms with Crippen molar-refractivity contribution in [2.45, 2.75) is 64.3 Å². The number of rotatable bonds is 7. The highest BCUT2D eigenvalue weighted by atomic mass is 15.2. The van der Waals surface area contributed by atoms with Crippen molar-refractivity contribution < 1.29 is 0 Å². The second kappa shape index (κ2) is 10.1. The molecule has 0 aliphatic carbocycles. The van der Waals surface area contributed by atoms with Crippen LogP contribution in [0.15, 0.2) is 54.6 Å². The van der Waals surface area contributed by atoms with E-state index in [-0.39, 0.29) is 6.04 Å². The molecule has 1 heteroatoms. The molecular formula is C25H31N. The third-order valence-electron chi connectivity index (χ3n) is 5.27. The van der Waals surface area contributed by atoms with E-state index in [2.05, 4.69) is 78.3 Å². The van der Waals surface area contributed by atoms with Gasteiger partial charge in [0.05, 0.1) is 0 Å². The summed E-state index contributed by atoms with van der Waals surface area (Å²) < 4.78 is 0. The van der Waals surface area contributed by atoms with Gasteiger partial charge in [-0.05, 0) is 36.1 Å². The zero-order valence-corrected chi connectivity index (χ0v) is 16.1. The van der Waals surface area contributed by atoms with Crippen LogP contribution >= 0.6 is 0 Å². The summed E-state index contributed by atoms with van der Waals surface area (Å²) in [5, 5.41) is 0. The molecule has 1 atom stereocenters. The van der Waals surface area contributed by atoms with Crippen molar-refractivity contribution >= 4 is 5.69 Å². The van der Waals surface area contributed by atoms with E-state index in [1.807, 2.05) is 0 Å². The van der Waals surface area contributed by atoms with Crippen molar-refractivity contribution in [1.29, 1.82) is 0 Å². The van der Waals surface area contributed by atoms with E-state index < -0.39 is 0 Å². The largest absolute Gasteiger partial charge is 0.353 e. The lowest BCUT2D eigenvalue weighted by Gasteiger charge is -2.36. The number of anilines is 1. The molecule has 2 aromatic carbocycles. The molecule has 1 nitrogen and oxygen atoms in total. The molecular weight excluding hydrogens is 314 g/mol. The number of benzene rings is 2. The number of hydrogen-bond donors (Lipinski definition) is 0. The summed E-state index contributed by atoms with van der Waals surface area (Å²) in [6.07, 6.45) is 10.1. The van der Waals surface area contributed by atoms with Gasteiger partial charge in [0.15, 0.2) is 0 Å². The normalized spacial score (nSPS) is 15.9. The van der Waals surface area contributed by atoms with Gasteiger partial charge in [-0.25, -0.2) is 0 Å². The molecule has 0 bridgehead atoms. The van der Waals surface area contributed by atoms with Gasteiger partial charge >= 0.3 is 0 Å². The molecule has 2 aromatic rings. The quantitative estimate of drug-likeness (QED) is 0.406. The summed E-state index contributed by atoms with van der Waals surface area (Å²) >= 11 is 0. The van der Waals surface area contributed by atoms with E-state index in [1.54, 1.807) is 0 Å². The Balaban J connectivity index is 1.68. The highest BCUT2D eigenvalue weighted by Crippen LogP contribution is 2.33. The maximum absolute atomic E-state index is 3.60. The zero-order valence-electron chi connectivity index (χ0n) is 16.1. The first-order valence-electron chi connectivity index (χ1n) is 10.3. The predicted molar refractivity (Wildman–Crippen MR) is 112 cm³/mol. The lowest BCUT2D eigenvalue weighted by atomic mass is 9.92. The smallest absolute Gasteiger partial charge is 0.116 e. The summed E-state index contributed by atoms with van der Waals surface area (Å²) in [6, 6.07) is 19.7. The number of unbranched alkanes of at least 4 members (excludes halogenated alkanes) is 6. The van der Waals surface area contributed by atoms with Crippen LogP contribution in [-0.4, -0.2) is 6.54 Å². The molecule has 0 saturated heterocycles. The van der Waals surface area contributed by atoms with Crippen LogP contribution in [0.1, 0.15) is 69.0 Å². The number of fused-ring (bicyclic) bond motifs is 1. The molecule has 0 aromatic heterocycles. The number of para-hydroxylation sites is 1. The Morgan fingerprint density at radius 1 is 0.885 bits per heavy atom. The molecule has 0 fully saturated rings. The van der Waals surface area contributed by atoms with Crippen molar-refractivity contribution in [3.8, 4) is 11.8 Å². The number of nitrogens with zero attached hydrogens (tertiary/aromatic N) is 1. The highest BCUT2D eigenvalue weighted by molar-refractivity contribution is 5.55. The Morgan fingerprint density at radius 3 is 2.46 bits per heavy atom. The molecule has 26 heavy (non-hydrogen) atoms. The SMILES string of the molecule is CCCCCCCCC#C[C@H]1c2ccccc2CCN1c1ccccc1. The van der Waals surface area contributed by atoms with Gasteiger partial charge in [-0.3, -0.25) is 0 Å². The standard InChI is InChI=1S/C25H31N/c1-2-3-4-5-6-7-8-12-19-25-24-18-14-13-15-22(24)20-21-26(25)23-16-10-9-11-17-23/h9-11,13-18,25H,2-8,20-21H2,1H3/t25-/m0/s1. The summed E-state index contributed by atoms with van der Waals surface area (Å²) in [4.78, 5) is 2.47. The van der Waals surface area contributed by atoms with Gasteiger partial charge in [-0.15, -0.1) is 5.92 Å². The van der Waals surface area contributed by atoms with Crippen LogP contribution in [-0.2, 0) is 6.42 Å². The van der Waals surface area contributed by atoms with E-state index in [1.165, 1.54) is 55.3 Å². The maximum Gasteiger partial charge on any atom is 0.116 e. The lowest BCUT2D eigenvalue weighted by Crippen LogP contribution is -2.34. The first-order chi connectivity index (χ1) is 12.9. The van der Waals surface area contributed by atoms with Gasteiger partial charge in [0.1, 0.15) is 6.04 Å². The molecule has 1 heterocycles. The van der Waals surface area contributed by atoms with E-state index in [9.17, 15) is 0 Å². The number of hydrogen-bond acceptors (Lipinski definition) is 1. The van der Waals surface area contributed by atoms with Gasteiger partial charge in [0, 0.05) is 18.7 Å². The van der Waals surface area contributed by atoms with Crippen molar-refractivity contribution in [1.82, 2.24) is 0 Å². The van der Waals surface area contributed by atoms with Crippen LogP contribution in [0.5, 0.6) is 0 Å². The van der Waals surface area contributed by atoms with Crippen molar-refractivity contribution in [2.75, 3.05) is 11.4 Å². The Hall–Kier alpha value is -2.20. The van der Waals surface area contributed by atoms with Crippen LogP contribution in [0, 0.1) is 11.8 Å². The van der Waals surface area contributed by atoms with Crippen molar-refractivity contribution in [3.63, 3.8) is 0 Å². The Labute approximate surface area is 159 Å². The molecule has 1 aliphatic rings. The van der Waals surface area contributed by atoms with Crippen molar-refractivity contribution in [3.05, 3.63) is 65.7 Å². The van der Waals surface area contributed by atoms with E-state index in [4.69, 9.17) is 0 Å². The molecule has 0 amide bonds. The van der Waals surface area contributed by atoms with Crippen molar-refractivity contribution in [2.24, 2.45) is 0 Å². The first kappa shape index (κ1) is 18.6. The minimum absolute atomic E-state index is 0.183. The Morgan fingerprint density at radius 2 is 1.62 bits per heavy atom. The predicted octanol–water partition coefficient (Wildman–Crippen LogP) is 6.54. The summed E-state index contributed by atoms with van der Waals surface area (Å²) in [5.41, 5.74) is 4.12. The van der Waals surface area contributed by atoms with Gasteiger partial charge in [0.25, 0.3) is 0 Å². The fourth-order valence-electron chi connectivity index (χ4n) is 3.78. The molecule has 0 spiro atoms. The highest BCUT2D eigenvalue weighted by Gasteiger charge is 2.25. The second-order valence-electron chi connectivity index (χ2n) is 7.22. The van der Waals surface area contributed by atoms with Crippen LogP contribution < -0.4 is 4.90 Å². The maximum atomic E-state index is 3.60. The monoisotopic (exact) mass is 345 g/mol. The lowest BCUT2D eigenvalue weighted by molar-refractivity contribution is 0.613. The van der Waals surface area contributed by atoms with Crippen LogP contribution in [0.4, 0.5) is 5.69 Å². The molecule has 0 radical (unpaired) electrons. The molecule has 3 rings (SSSR count). The Bertz CT molecular complexity index is 723. The van der Waals surface area contributed by atoms with E-state index in [0.29, 0.717) is 0 Å². The summed E-state index contributed by atoms with van der Waals surface area (Å²) in [5.74, 6) is 7.10.